The summed E-state index contributed by atoms with van der Waals surface area (Å²) in [4.78, 5) is 12.2. The fourth-order valence-corrected chi connectivity index (χ4v) is 2.53. The molecule has 1 heterocycles. The van der Waals surface area contributed by atoms with Crippen molar-refractivity contribution in [3.05, 3.63) is 34.9 Å². The molecule has 0 saturated carbocycles. The molecular weight excluding hydrogens is 236 g/mol. The summed E-state index contributed by atoms with van der Waals surface area (Å²) in [7, 11) is 0. The molecule has 1 saturated heterocycles. The molecule has 1 aliphatic heterocycles. The lowest BCUT2D eigenvalue weighted by atomic mass is 9.88. The minimum Gasteiger partial charge on any atom is -0.349 e. The summed E-state index contributed by atoms with van der Waals surface area (Å²) in [5.74, 6) is 0.750. The molecule has 1 aromatic carbocycles. The highest BCUT2D eigenvalue weighted by atomic mass is 16.1. The van der Waals surface area contributed by atoms with Gasteiger partial charge in [0.05, 0.1) is 6.04 Å². The van der Waals surface area contributed by atoms with Gasteiger partial charge in [-0.05, 0) is 50.9 Å². The predicted molar refractivity (Wildman–Crippen MR) is 78.0 cm³/mol. The molecule has 2 N–H and O–H groups in total. The van der Waals surface area contributed by atoms with Crippen molar-refractivity contribution in [2.75, 3.05) is 13.1 Å². The highest BCUT2D eigenvalue weighted by Crippen LogP contribution is 2.21. The average molecular weight is 260 g/mol. The van der Waals surface area contributed by atoms with Gasteiger partial charge < -0.3 is 10.6 Å². The van der Waals surface area contributed by atoms with Crippen molar-refractivity contribution in [3.8, 4) is 0 Å². The van der Waals surface area contributed by atoms with Gasteiger partial charge in [0.2, 0.25) is 5.91 Å². The van der Waals surface area contributed by atoms with Crippen LogP contribution in [0.1, 0.15) is 36.6 Å². The maximum absolute atomic E-state index is 12.2. The maximum Gasteiger partial charge on any atom is 0.223 e. The van der Waals surface area contributed by atoms with Gasteiger partial charge in [0.25, 0.3) is 0 Å². The van der Waals surface area contributed by atoms with Gasteiger partial charge in [-0.1, -0.05) is 30.7 Å². The van der Waals surface area contributed by atoms with Crippen LogP contribution in [0.5, 0.6) is 0 Å². The Hall–Kier alpha value is -1.35. The van der Waals surface area contributed by atoms with Crippen LogP contribution in [-0.2, 0) is 4.79 Å². The molecule has 3 heteroatoms. The van der Waals surface area contributed by atoms with Crippen LogP contribution in [0.25, 0.3) is 0 Å². The van der Waals surface area contributed by atoms with E-state index in [1.54, 1.807) is 0 Å². The van der Waals surface area contributed by atoms with Crippen LogP contribution >= 0.6 is 0 Å². The zero-order chi connectivity index (χ0) is 14.0. The van der Waals surface area contributed by atoms with E-state index in [1.807, 2.05) is 6.92 Å². The Balaban J connectivity index is 2.01. The van der Waals surface area contributed by atoms with Gasteiger partial charge in [-0.3, -0.25) is 4.79 Å². The second-order valence-electron chi connectivity index (χ2n) is 5.80. The van der Waals surface area contributed by atoms with Gasteiger partial charge in [-0.2, -0.15) is 0 Å². The number of nitrogens with one attached hydrogen (secondary N) is 2. The van der Waals surface area contributed by atoms with E-state index in [9.17, 15) is 4.79 Å². The summed E-state index contributed by atoms with van der Waals surface area (Å²) in [5.41, 5.74) is 3.68. The van der Waals surface area contributed by atoms with E-state index in [2.05, 4.69) is 49.6 Å². The topological polar surface area (TPSA) is 41.1 Å². The first-order valence-electron chi connectivity index (χ1n) is 7.07. The third kappa shape index (κ3) is 3.16. The summed E-state index contributed by atoms with van der Waals surface area (Å²) in [6.07, 6.45) is 0. The van der Waals surface area contributed by atoms with E-state index in [-0.39, 0.29) is 17.9 Å². The molecule has 3 nitrogen and oxygen atoms in total. The van der Waals surface area contributed by atoms with Gasteiger partial charge in [-0.25, -0.2) is 0 Å². The van der Waals surface area contributed by atoms with Crippen molar-refractivity contribution in [2.24, 2.45) is 11.8 Å². The number of benzene rings is 1. The summed E-state index contributed by atoms with van der Waals surface area (Å²) < 4.78 is 0. The normalized spacial score (nSPS) is 18.5. The lowest BCUT2D eigenvalue weighted by Gasteiger charge is -2.32. The molecule has 1 amide bonds. The van der Waals surface area contributed by atoms with Crippen molar-refractivity contribution < 1.29 is 4.79 Å². The standard InChI is InChI=1S/C16H24N2O/c1-10-5-6-11(2)15(7-10)13(4)18-16(19)12(3)14-8-17-9-14/h5-7,12-14,17H,8-9H2,1-4H3,(H,18,19). The van der Waals surface area contributed by atoms with Crippen LogP contribution in [-0.4, -0.2) is 19.0 Å². The van der Waals surface area contributed by atoms with Gasteiger partial charge >= 0.3 is 0 Å². The molecule has 19 heavy (non-hydrogen) atoms. The zero-order valence-corrected chi connectivity index (χ0v) is 12.3. The molecule has 0 bridgehead atoms. The second kappa shape index (κ2) is 5.74. The first kappa shape index (κ1) is 14.1. The van der Waals surface area contributed by atoms with Crippen LogP contribution in [0, 0.1) is 25.7 Å². The van der Waals surface area contributed by atoms with Crippen LogP contribution in [0.3, 0.4) is 0 Å². The zero-order valence-electron chi connectivity index (χ0n) is 12.3. The third-order valence-corrected chi connectivity index (χ3v) is 4.19. The van der Waals surface area contributed by atoms with E-state index in [1.165, 1.54) is 16.7 Å². The Bertz CT molecular complexity index is 466. The van der Waals surface area contributed by atoms with Crippen molar-refractivity contribution >= 4 is 5.91 Å². The molecule has 0 aliphatic carbocycles. The van der Waals surface area contributed by atoms with Crippen LogP contribution in [0.2, 0.25) is 0 Å². The first-order valence-corrected chi connectivity index (χ1v) is 7.07. The maximum atomic E-state index is 12.2. The molecule has 1 aliphatic rings. The molecule has 104 valence electrons. The molecule has 0 spiro atoms. The van der Waals surface area contributed by atoms with Gasteiger partial charge in [0.1, 0.15) is 0 Å². The number of aryl methyl sites for hydroxylation is 2. The number of hydrogen-bond donors (Lipinski definition) is 2. The number of carbonyl (C=O) groups is 1. The van der Waals surface area contributed by atoms with Crippen molar-refractivity contribution in [1.82, 2.24) is 10.6 Å². The summed E-state index contributed by atoms with van der Waals surface area (Å²) in [6.45, 7) is 10.2. The molecule has 0 aromatic heterocycles. The Morgan fingerprint density at radius 2 is 2.00 bits per heavy atom. The number of hydrogen-bond acceptors (Lipinski definition) is 2. The third-order valence-electron chi connectivity index (χ3n) is 4.19. The molecule has 2 rings (SSSR count). The fraction of sp³-hybridized carbons (Fsp3) is 0.562. The Morgan fingerprint density at radius 3 is 2.58 bits per heavy atom. The SMILES string of the molecule is Cc1ccc(C)c(C(C)NC(=O)C(C)C2CNC2)c1. The monoisotopic (exact) mass is 260 g/mol. The summed E-state index contributed by atoms with van der Waals surface area (Å²) in [5, 5.41) is 6.36. The van der Waals surface area contributed by atoms with Crippen LogP contribution in [0.4, 0.5) is 0 Å². The minimum absolute atomic E-state index is 0.0721. The number of carbonyl (C=O) groups excluding carboxylic acids is 1. The average Bonchev–Trinajstić information content (AvgIpc) is 2.29. The Morgan fingerprint density at radius 1 is 1.32 bits per heavy atom. The van der Waals surface area contributed by atoms with Gasteiger partial charge in [-0.15, -0.1) is 0 Å². The first-order chi connectivity index (χ1) is 8.99. The highest BCUT2D eigenvalue weighted by Gasteiger charge is 2.29. The highest BCUT2D eigenvalue weighted by molar-refractivity contribution is 5.79. The number of amides is 1. The minimum atomic E-state index is 0.0721. The molecule has 1 aromatic rings. The largest absolute Gasteiger partial charge is 0.349 e. The quantitative estimate of drug-likeness (QED) is 0.872. The lowest BCUT2D eigenvalue weighted by molar-refractivity contribution is -0.127. The Kier molecular flexibility index (Phi) is 4.25. The van der Waals surface area contributed by atoms with Crippen LogP contribution in [0.15, 0.2) is 18.2 Å². The molecular formula is C16H24N2O. The van der Waals surface area contributed by atoms with E-state index in [0.29, 0.717) is 5.92 Å². The molecule has 0 radical (unpaired) electrons. The van der Waals surface area contributed by atoms with Gasteiger partial charge in [0.15, 0.2) is 0 Å². The van der Waals surface area contributed by atoms with Gasteiger partial charge in [0, 0.05) is 5.92 Å². The summed E-state index contributed by atoms with van der Waals surface area (Å²) in [6, 6.07) is 6.46. The van der Waals surface area contributed by atoms with Crippen LogP contribution < -0.4 is 10.6 Å². The molecule has 2 unspecified atom stereocenters. The van der Waals surface area contributed by atoms with E-state index >= 15 is 0 Å². The number of rotatable bonds is 4. The molecule has 1 fully saturated rings. The summed E-state index contributed by atoms with van der Waals surface area (Å²) >= 11 is 0. The van der Waals surface area contributed by atoms with E-state index in [4.69, 9.17) is 0 Å². The van der Waals surface area contributed by atoms with E-state index in [0.717, 1.165) is 13.1 Å². The van der Waals surface area contributed by atoms with E-state index < -0.39 is 0 Å². The fourth-order valence-electron chi connectivity index (χ4n) is 2.53. The van der Waals surface area contributed by atoms with Crippen molar-refractivity contribution in [2.45, 2.75) is 33.7 Å². The second-order valence-corrected chi connectivity index (χ2v) is 5.80. The van der Waals surface area contributed by atoms with Crippen molar-refractivity contribution in [3.63, 3.8) is 0 Å². The predicted octanol–water partition coefficient (Wildman–Crippen LogP) is 2.34. The van der Waals surface area contributed by atoms with Crippen molar-refractivity contribution in [1.29, 1.82) is 0 Å². The lowest BCUT2D eigenvalue weighted by Crippen LogP contribution is -2.49. The Labute approximate surface area is 115 Å². The smallest absolute Gasteiger partial charge is 0.223 e. The molecule has 2 atom stereocenters.